The van der Waals surface area contributed by atoms with Crippen LogP contribution in [-0.2, 0) is 6.61 Å². The zero-order valence-corrected chi connectivity index (χ0v) is 12.3. The number of unbranched alkanes of at least 4 members (excludes halogenated alkanes) is 1. The number of rotatable bonds is 7. The fourth-order valence-electron chi connectivity index (χ4n) is 1.40. The first-order chi connectivity index (χ1) is 9.28. The number of hydrogen-bond acceptors (Lipinski definition) is 4. The van der Waals surface area contributed by atoms with Crippen LogP contribution < -0.4 is 4.74 Å². The van der Waals surface area contributed by atoms with E-state index in [9.17, 15) is 0 Å². The Bertz CT molecular complexity index is 501. The zero-order chi connectivity index (χ0) is 13.5. The molecule has 6 heteroatoms. The van der Waals surface area contributed by atoms with Gasteiger partial charge in [0.1, 0.15) is 12.4 Å². The molecular weight excluding hydrogens is 282 g/mol. The summed E-state index contributed by atoms with van der Waals surface area (Å²) >= 11 is 7.47. The van der Waals surface area contributed by atoms with Gasteiger partial charge in [-0.1, -0.05) is 36.7 Å². The van der Waals surface area contributed by atoms with E-state index in [1.165, 1.54) is 12.8 Å². The Labute approximate surface area is 121 Å². The molecule has 4 nitrogen and oxygen atoms in total. The van der Waals surface area contributed by atoms with Crippen LogP contribution in [0.3, 0.4) is 0 Å². The normalized spacial score (nSPS) is 10.6. The molecule has 0 aliphatic carbocycles. The van der Waals surface area contributed by atoms with Gasteiger partial charge in [0.15, 0.2) is 5.82 Å². The Morgan fingerprint density at radius 1 is 1.32 bits per heavy atom. The summed E-state index contributed by atoms with van der Waals surface area (Å²) in [7, 11) is 0. The van der Waals surface area contributed by atoms with Gasteiger partial charge in [0.05, 0.1) is 0 Å². The molecule has 2 aromatic rings. The van der Waals surface area contributed by atoms with Gasteiger partial charge in [0, 0.05) is 10.8 Å². The second-order valence-corrected chi connectivity index (χ2v) is 5.51. The summed E-state index contributed by atoms with van der Waals surface area (Å²) in [5.74, 6) is 2.54. The Morgan fingerprint density at radius 2 is 2.11 bits per heavy atom. The van der Waals surface area contributed by atoms with Crippen molar-refractivity contribution in [1.29, 1.82) is 0 Å². The molecule has 0 bridgehead atoms. The summed E-state index contributed by atoms with van der Waals surface area (Å²) in [6.07, 6.45) is 2.36. The fourth-order valence-corrected chi connectivity index (χ4v) is 2.42. The highest BCUT2D eigenvalue weighted by Gasteiger charge is 2.04. The molecule has 0 atom stereocenters. The minimum absolute atomic E-state index is 0.378. The lowest BCUT2D eigenvalue weighted by molar-refractivity contribution is 0.296. The van der Waals surface area contributed by atoms with Crippen molar-refractivity contribution in [3.63, 3.8) is 0 Å². The van der Waals surface area contributed by atoms with Crippen LogP contribution in [0, 0.1) is 0 Å². The molecule has 0 aliphatic heterocycles. The van der Waals surface area contributed by atoms with Crippen molar-refractivity contribution < 1.29 is 4.74 Å². The lowest BCUT2D eigenvalue weighted by Gasteiger charge is -2.03. The molecule has 0 amide bonds. The Balaban J connectivity index is 1.81. The van der Waals surface area contributed by atoms with Crippen LogP contribution in [0.25, 0.3) is 0 Å². The molecule has 0 radical (unpaired) electrons. The molecule has 2 rings (SSSR count). The smallest absolute Gasteiger partial charge is 0.208 e. The van der Waals surface area contributed by atoms with Crippen molar-refractivity contribution in [1.82, 2.24) is 15.2 Å². The quantitative estimate of drug-likeness (QED) is 0.621. The van der Waals surface area contributed by atoms with E-state index in [4.69, 9.17) is 16.3 Å². The van der Waals surface area contributed by atoms with Crippen LogP contribution in [-0.4, -0.2) is 20.9 Å². The summed E-state index contributed by atoms with van der Waals surface area (Å²) in [5, 5.41) is 8.50. The maximum atomic E-state index is 5.81. The molecule has 102 valence electrons. The zero-order valence-electron chi connectivity index (χ0n) is 10.7. The van der Waals surface area contributed by atoms with Crippen molar-refractivity contribution in [2.45, 2.75) is 31.5 Å². The van der Waals surface area contributed by atoms with E-state index in [1.807, 2.05) is 12.1 Å². The summed E-state index contributed by atoms with van der Waals surface area (Å²) in [5.41, 5.74) is 0. The molecule has 1 N–H and O–H groups in total. The van der Waals surface area contributed by atoms with Gasteiger partial charge in [-0.3, -0.25) is 5.10 Å². The van der Waals surface area contributed by atoms with E-state index in [0.717, 1.165) is 22.5 Å². The number of aromatic nitrogens is 3. The van der Waals surface area contributed by atoms with Crippen molar-refractivity contribution in [2.24, 2.45) is 0 Å². The SMILES string of the molecule is CCCCSc1n[nH]c(COc2ccc(Cl)cc2)n1. The monoisotopic (exact) mass is 297 g/mol. The maximum Gasteiger partial charge on any atom is 0.208 e. The number of aromatic amines is 1. The van der Waals surface area contributed by atoms with Gasteiger partial charge in [0.2, 0.25) is 5.16 Å². The van der Waals surface area contributed by atoms with Gasteiger partial charge in [-0.2, -0.15) is 0 Å². The van der Waals surface area contributed by atoms with Crippen molar-refractivity contribution in [3.05, 3.63) is 35.1 Å². The number of nitrogens with one attached hydrogen (secondary N) is 1. The highest BCUT2D eigenvalue weighted by molar-refractivity contribution is 7.99. The van der Waals surface area contributed by atoms with Crippen molar-refractivity contribution in [3.8, 4) is 5.75 Å². The summed E-state index contributed by atoms with van der Waals surface area (Å²) in [6, 6.07) is 7.25. The van der Waals surface area contributed by atoms with Gasteiger partial charge >= 0.3 is 0 Å². The van der Waals surface area contributed by atoms with Gasteiger partial charge < -0.3 is 4.74 Å². The third-order valence-electron chi connectivity index (χ3n) is 2.43. The van der Waals surface area contributed by atoms with Crippen molar-refractivity contribution >= 4 is 23.4 Å². The van der Waals surface area contributed by atoms with Crippen molar-refractivity contribution in [2.75, 3.05) is 5.75 Å². The number of thioether (sulfide) groups is 1. The highest BCUT2D eigenvalue weighted by Crippen LogP contribution is 2.17. The van der Waals surface area contributed by atoms with Gasteiger partial charge in [0.25, 0.3) is 0 Å². The minimum Gasteiger partial charge on any atom is -0.486 e. The third kappa shape index (κ3) is 4.76. The van der Waals surface area contributed by atoms with Crippen LogP contribution >= 0.6 is 23.4 Å². The summed E-state index contributed by atoms with van der Waals surface area (Å²) in [6.45, 7) is 2.55. The molecular formula is C13H16ClN3OS. The lowest BCUT2D eigenvalue weighted by Crippen LogP contribution is -1.97. The first-order valence-electron chi connectivity index (χ1n) is 6.20. The number of ether oxygens (including phenoxy) is 1. The molecule has 0 aliphatic rings. The van der Waals surface area contributed by atoms with E-state index < -0.39 is 0 Å². The Hall–Kier alpha value is -1.20. The fraction of sp³-hybridized carbons (Fsp3) is 0.385. The number of benzene rings is 1. The second-order valence-electron chi connectivity index (χ2n) is 4.01. The van der Waals surface area contributed by atoms with Crippen LogP contribution in [0.2, 0.25) is 5.02 Å². The van der Waals surface area contributed by atoms with E-state index in [0.29, 0.717) is 11.6 Å². The second kappa shape index (κ2) is 7.40. The molecule has 19 heavy (non-hydrogen) atoms. The maximum absolute atomic E-state index is 5.81. The van der Waals surface area contributed by atoms with Gasteiger partial charge in [-0.15, -0.1) is 5.10 Å². The van der Waals surface area contributed by atoms with E-state index >= 15 is 0 Å². The van der Waals surface area contributed by atoms with E-state index in [2.05, 4.69) is 22.1 Å². The third-order valence-corrected chi connectivity index (χ3v) is 3.61. The van der Waals surface area contributed by atoms with Gasteiger partial charge in [-0.25, -0.2) is 4.98 Å². The van der Waals surface area contributed by atoms with Crippen LogP contribution in [0.1, 0.15) is 25.6 Å². The summed E-state index contributed by atoms with van der Waals surface area (Å²) < 4.78 is 5.58. The Morgan fingerprint density at radius 3 is 2.84 bits per heavy atom. The molecule has 0 unspecified atom stereocenters. The predicted molar refractivity (Wildman–Crippen MR) is 77.8 cm³/mol. The summed E-state index contributed by atoms with van der Waals surface area (Å²) in [4.78, 5) is 4.36. The average Bonchev–Trinajstić information content (AvgIpc) is 2.86. The molecule has 0 saturated carbocycles. The largest absolute Gasteiger partial charge is 0.486 e. The molecule has 1 heterocycles. The van der Waals surface area contributed by atoms with Crippen LogP contribution in [0.4, 0.5) is 0 Å². The molecule has 0 saturated heterocycles. The molecule has 1 aromatic heterocycles. The lowest BCUT2D eigenvalue weighted by atomic mass is 10.3. The number of hydrogen-bond donors (Lipinski definition) is 1. The standard InChI is InChI=1S/C13H16ClN3OS/c1-2-3-8-19-13-15-12(16-17-13)9-18-11-6-4-10(14)5-7-11/h4-7H,2-3,8-9H2,1H3,(H,15,16,17). The topological polar surface area (TPSA) is 50.8 Å². The number of H-pyrrole nitrogens is 1. The molecule has 0 fully saturated rings. The Kier molecular flexibility index (Phi) is 5.54. The highest BCUT2D eigenvalue weighted by atomic mass is 35.5. The average molecular weight is 298 g/mol. The minimum atomic E-state index is 0.378. The number of halogens is 1. The van der Waals surface area contributed by atoms with Gasteiger partial charge in [-0.05, 0) is 30.7 Å². The first-order valence-corrected chi connectivity index (χ1v) is 7.56. The van der Waals surface area contributed by atoms with Crippen LogP contribution in [0.15, 0.2) is 29.4 Å². The van der Waals surface area contributed by atoms with Crippen LogP contribution in [0.5, 0.6) is 5.75 Å². The van der Waals surface area contributed by atoms with E-state index in [1.54, 1.807) is 23.9 Å². The molecule has 1 aromatic carbocycles. The number of nitrogens with zero attached hydrogens (tertiary/aromatic N) is 2. The predicted octanol–water partition coefficient (Wildman–Crippen LogP) is 3.93. The first kappa shape index (κ1) is 14.2. The van der Waals surface area contributed by atoms with E-state index in [-0.39, 0.29) is 0 Å². The molecule has 0 spiro atoms.